The molecule has 1 unspecified atom stereocenters. The van der Waals surface area contributed by atoms with E-state index in [0.717, 1.165) is 41.7 Å². The maximum atomic E-state index is 12.7. The van der Waals surface area contributed by atoms with E-state index in [1.165, 1.54) is 0 Å². The number of rotatable bonds is 5. The van der Waals surface area contributed by atoms with Crippen molar-refractivity contribution in [2.45, 2.75) is 46.6 Å². The summed E-state index contributed by atoms with van der Waals surface area (Å²) in [6.07, 6.45) is 1.91. The predicted octanol–water partition coefficient (Wildman–Crippen LogP) is 3.42. The molecule has 1 aliphatic rings. The maximum absolute atomic E-state index is 12.7. The molecule has 146 valence electrons. The molecule has 0 saturated carbocycles. The number of fused-ring (bicyclic) bond motifs is 1. The first-order chi connectivity index (χ1) is 12.9. The van der Waals surface area contributed by atoms with Crippen LogP contribution in [0.2, 0.25) is 0 Å². The summed E-state index contributed by atoms with van der Waals surface area (Å²) in [6, 6.07) is 6.14. The summed E-state index contributed by atoms with van der Waals surface area (Å²) in [4.78, 5) is 26.2. The van der Waals surface area contributed by atoms with Gasteiger partial charge in [-0.3, -0.25) is 4.79 Å². The van der Waals surface area contributed by atoms with E-state index in [1.807, 2.05) is 57.8 Å². The van der Waals surface area contributed by atoms with E-state index in [1.54, 1.807) is 0 Å². The van der Waals surface area contributed by atoms with Crippen molar-refractivity contribution in [2.24, 2.45) is 5.92 Å². The zero-order valence-corrected chi connectivity index (χ0v) is 17.0. The Morgan fingerprint density at radius 3 is 2.85 bits per heavy atom. The van der Waals surface area contributed by atoms with Gasteiger partial charge < -0.3 is 14.5 Å². The fraction of sp³-hybridized carbons (Fsp3) is 0.571. The second kappa shape index (κ2) is 8.11. The summed E-state index contributed by atoms with van der Waals surface area (Å²) in [6.45, 7) is 10.3. The van der Waals surface area contributed by atoms with Crippen molar-refractivity contribution in [3.8, 4) is 5.75 Å². The summed E-state index contributed by atoms with van der Waals surface area (Å²) in [5.41, 5.74) is 1.85. The van der Waals surface area contributed by atoms with Crippen molar-refractivity contribution in [3.05, 3.63) is 23.9 Å². The molecule has 1 aliphatic heterocycles. The molecule has 0 bridgehead atoms. The first-order valence-electron chi connectivity index (χ1n) is 9.83. The summed E-state index contributed by atoms with van der Waals surface area (Å²) < 4.78 is 5.59. The van der Waals surface area contributed by atoms with Crippen molar-refractivity contribution in [1.29, 1.82) is 0 Å². The van der Waals surface area contributed by atoms with E-state index < -0.39 is 0 Å². The molecule has 1 saturated heterocycles. The van der Waals surface area contributed by atoms with Crippen LogP contribution in [0.4, 0.5) is 5.95 Å². The van der Waals surface area contributed by atoms with Crippen LogP contribution in [0.1, 0.15) is 39.3 Å². The molecule has 0 N–H and O–H groups in total. The number of benzene rings is 1. The number of anilines is 1. The monoisotopic (exact) mass is 370 g/mol. The van der Waals surface area contributed by atoms with E-state index in [-0.39, 0.29) is 17.9 Å². The molecule has 0 radical (unpaired) electrons. The Morgan fingerprint density at radius 2 is 2.15 bits per heavy atom. The lowest BCUT2D eigenvalue weighted by molar-refractivity contribution is -0.135. The molecule has 1 aromatic heterocycles. The van der Waals surface area contributed by atoms with Crippen molar-refractivity contribution < 1.29 is 9.53 Å². The third-order valence-electron chi connectivity index (χ3n) is 5.33. The van der Waals surface area contributed by atoms with Gasteiger partial charge in [-0.2, -0.15) is 0 Å². The van der Waals surface area contributed by atoms with Gasteiger partial charge >= 0.3 is 0 Å². The second-order valence-electron chi connectivity index (χ2n) is 7.55. The van der Waals surface area contributed by atoms with Crippen LogP contribution in [0.5, 0.6) is 5.75 Å². The second-order valence-corrected chi connectivity index (χ2v) is 7.55. The largest absolute Gasteiger partial charge is 0.494 e. The lowest BCUT2D eigenvalue weighted by atomic mass is 9.96. The van der Waals surface area contributed by atoms with Crippen molar-refractivity contribution in [3.63, 3.8) is 0 Å². The van der Waals surface area contributed by atoms with Gasteiger partial charge in [0, 0.05) is 31.6 Å². The topological polar surface area (TPSA) is 58.6 Å². The molecule has 1 atom stereocenters. The van der Waals surface area contributed by atoms with E-state index in [0.29, 0.717) is 19.1 Å². The molecule has 2 aromatic rings. The highest BCUT2D eigenvalue weighted by molar-refractivity contribution is 5.83. The molecule has 2 heterocycles. The van der Waals surface area contributed by atoms with Crippen molar-refractivity contribution in [2.75, 3.05) is 31.6 Å². The van der Waals surface area contributed by atoms with Gasteiger partial charge in [0.05, 0.1) is 23.7 Å². The molecule has 0 aliphatic carbocycles. The molecule has 1 amide bonds. The molecule has 6 nitrogen and oxygen atoms in total. The van der Waals surface area contributed by atoms with Crippen molar-refractivity contribution >= 4 is 22.8 Å². The molecular formula is C21H30N4O2. The Morgan fingerprint density at radius 1 is 1.37 bits per heavy atom. The van der Waals surface area contributed by atoms with Crippen molar-refractivity contribution in [1.82, 2.24) is 14.9 Å². The number of carbonyl (C=O) groups excluding carboxylic acids is 1. The smallest absolute Gasteiger partial charge is 0.227 e. The van der Waals surface area contributed by atoms with Gasteiger partial charge in [-0.1, -0.05) is 0 Å². The fourth-order valence-electron chi connectivity index (χ4n) is 3.55. The quantitative estimate of drug-likeness (QED) is 0.807. The lowest BCUT2D eigenvalue weighted by Crippen LogP contribution is -2.46. The molecule has 0 spiro atoms. The minimum absolute atomic E-state index is 0.00563. The van der Waals surface area contributed by atoms with Gasteiger partial charge in [0.1, 0.15) is 5.75 Å². The fourth-order valence-corrected chi connectivity index (χ4v) is 3.55. The van der Waals surface area contributed by atoms with Crippen LogP contribution in [0, 0.1) is 12.8 Å². The lowest BCUT2D eigenvalue weighted by Gasteiger charge is -2.35. The van der Waals surface area contributed by atoms with Gasteiger partial charge in [0.2, 0.25) is 11.9 Å². The Bertz CT molecular complexity index is 821. The van der Waals surface area contributed by atoms with E-state index in [2.05, 4.69) is 4.90 Å². The minimum Gasteiger partial charge on any atom is -0.494 e. The first kappa shape index (κ1) is 19.4. The Labute approximate surface area is 161 Å². The minimum atomic E-state index is 0.00563. The van der Waals surface area contributed by atoms with Gasteiger partial charge in [0.15, 0.2) is 0 Å². The number of hydrogen-bond acceptors (Lipinski definition) is 5. The Balaban J connectivity index is 1.84. The SMILES string of the molecule is CCOc1ccc2nc(N3CCCC(C(=O)N(C)C(C)C)C3)nc(C)c2c1. The summed E-state index contributed by atoms with van der Waals surface area (Å²) in [5, 5.41) is 1.01. The highest BCUT2D eigenvalue weighted by Crippen LogP contribution is 2.27. The van der Waals surface area contributed by atoms with Crippen LogP contribution in [-0.4, -0.2) is 53.6 Å². The highest BCUT2D eigenvalue weighted by atomic mass is 16.5. The van der Waals surface area contributed by atoms with Crippen LogP contribution in [-0.2, 0) is 4.79 Å². The third-order valence-corrected chi connectivity index (χ3v) is 5.33. The zero-order valence-electron chi connectivity index (χ0n) is 17.0. The number of amides is 1. The third kappa shape index (κ3) is 4.15. The van der Waals surface area contributed by atoms with E-state index in [9.17, 15) is 4.79 Å². The van der Waals surface area contributed by atoms with Gasteiger partial charge in [-0.25, -0.2) is 9.97 Å². The van der Waals surface area contributed by atoms with Crippen LogP contribution in [0.3, 0.4) is 0 Å². The summed E-state index contributed by atoms with van der Waals surface area (Å²) in [5.74, 6) is 1.78. The maximum Gasteiger partial charge on any atom is 0.227 e. The molecule has 3 rings (SSSR count). The summed E-state index contributed by atoms with van der Waals surface area (Å²) >= 11 is 0. The summed E-state index contributed by atoms with van der Waals surface area (Å²) in [7, 11) is 1.89. The first-order valence-corrected chi connectivity index (χ1v) is 9.83. The van der Waals surface area contributed by atoms with Crippen LogP contribution in [0.15, 0.2) is 18.2 Å². The molecular weight excluding hydrogens is 340 g/mol. The predicted molar refractivity (Wildman–Crippen MR) is 108 cm³/mol. The number of carbonyl (C=O) groups is 1. The van der Waals surface area contributed by atoms with Gasteiger partial charge in [0.25, 0.3) is 0 Å². The number of hydrogen-bond donors (Lipinski definition) is 0. The average Bonchev–Trinajstić information content (AvgIpc) is 2.67. The zero-order chi connectivity index (χ0) is 19.6. The molecule has 6 heteroatoms. The average molecular weight is 370 g/mol. The molecule has 27 heavy (non-hydrogen) atoms. The number of aryl methyl sites for hydroxylation is 1. The standard InChI is InChI=1S/C21H30N4O2/c1-6-27-17-9-10-19-18(12-17)15(4)22-21(23-19)25-11-7-8-16(13-25)20(26)24(5)14(2)3/h9-10,12,14,16H,6-8,11,13H2,1-5H3. The van der Waals surface area contributed by atoms with Gasteiger partial charge in [-0.15, -0.1) is 0 Å². The highest BCUT2D eigenvalue weighted by Gasteiger charge is 2.30. The number of nitrogens with zero attached hydrogens (tertiary/aromatic N) is 4. The van der Waals surface area contributed by atoms with Crippen LogP contribution >= 0.6 is 0 Å². The number of aromatic nitrogens is 2. The Kier molecular flexibility index (Phi) is 5.82. The molecule has 1 fully saturated rings. The normalized spacial score (nSPS) is 17.4. The number of ether oxygens (including phenoxy) is 1. The number of piperidine rings is 1. The van der Waals surface area contributed by atoms with E-state index >= 15 is 0 Å². The Hall–Kier alpha value is -2.37. The molecule has 1 aromatic carbocycles. The van der Waals surface area contributed by atoms with Crippen LogP contribution < -0.4 is 9.64 Å². The van der Waals surface area contributed by atoms with E-state index in [4.69, 9.17) is 14.7 Å². The van der Waals surface area contributed by atoms with Gasteiger partial charge in [-0.05, 0) is 58.7 Å². The van der Waals surface area contributed by atoms with Crippen LogP contribution in [0.25, 0.3) is 10.9 Å².